The van der Waals surface area contributed by atoms with E-state index in [2.05, 4.69) is 5.10 Å². The molecule has 1 fully saturated rings. The maximum absolute atomic E-state index is 11.9. The molecule has 1 aliphatic heterocycles. The zero-order chi connectivity index (χ0) is 13.8. The number of ether oxygens (including phenoxy) is 1. The number of carboxylic acid groups (broad SMARTS) is 1. The Kier molecular flexibility index (Phi) is 3.96. The number of hydrogen-bond donors (Lipinski definition) is 1. The van der Waals surface area contributed by atoms with Crippen molar-refractivity contribution in [2.75, 3.05) is 19.7 Å². The highest BCUT2D eigenvalue weighted by Gasteiger charge is 2.27. The SMILES string of the molecule is Cn1cc(C=CC(=O)N2CCOC(C(=O)O)C2)cn1. The van der Waals surface area contributed by atoms with Crippen LogP contribution in [0.1, 0.15) is 5.56 Å². The van der Waals surface area contributed by atoms with Crippen LogP contribution in [0, 0.1) is 0 Å². The van der Waals surface area contributed by atoms with Crippen LogP contribution >= 0.6 is 0 Å². The van der Waals surface area contributed by atoms with Crippen molar-refractivity contribution in [2.45, 2.75) is 6.10 Å². The summed E-state index contributed by atoms with van der Waals surface area (Å²) in [5.41, 5.74) is 0.818. The Balaban J connectivity index is 1.96. The Labute approximate surface area is 110 Å². The second-order valence-corrected chi connectivity index (χ2v) is 4.26. The smallest absolute Gasteiger partial charge is 0.334 e. The quantitative estimate of drug-likeness (QED) is 0.761. The average Bonchev–Trinajstić information content (AvgIpc) is 2.82. The van der Waals surface area contributed by atoms with Gasteiger partial charge in [0.15, 0.2) is 6.10 Å². The lowest BCUT2D eigenvalue weighted by Crippen LogP contribution is -2.48. The zero-order valence-corrected chi connectivity index (χ0v) is 10.5. The van der Waals surface area contributed by atoms with Crippen molar-refractivity contribution in [2.24, 2.45) is 7.05 Å². The summed E-state index contributed by atoms with van der Waals surface area (Å²) < 4.78 is 6.69. The summed E-state index contributed by atoms with van der Waals surface area (Å²) in [7, 11) is 1.79. The van der Waals surface area contributed by atoms with E-state index in [0.29, 0.717) is 6.54 Å². The number of aromatic nitrogens is 2. The third-order valence-electron chi connectivity index (χ3n) is 2.80. The van der Waals surface area contributed by atoms with Crippen molar-refractivity contribution >= 4 is 18.0 Å². The largest absolute Gasteiger partial charge is 0.479 e. The number of rotatable bonds is 3. The summed E-state index contributed by atoms with van der Waals surface area (Å²) in [6.45, 7) is 0.717. The lowest BCUT2D eigenvalue weighted by atomic mass is 10.2. The normalized spacial score (nSPS) is 19.8. The molecule has 0 spiro atoms. The van der Waals surface area contributed by atoms with Crippen LogP contribution in [0.3, 0.4) is 0 Å². The van der Waals surface area contributed by atoms with E-state index in [-0.39, 0.29) is 19.1 Å². The van der Waals surface area contributed by atoms with E-state index in [1.54, 1.807) is 30.2 Å². The molecular weight excluding hydrogens is 250 g/mol. The van der Waals surface area contributed by atoms with Crippen LogP contribution in [0.25, 0.3) is 6.08 Å². The van der Waals surface area contributed by atoms with E-state index in [0.717, 1.165) is 5.56 Å². The van der Waals surface area contributed by atoms with Gasteiger partial charge in [0.1, 0.15) is 0 Å². The minimum absolute atomic E-state index is 0.0749. The van der Waals surface area contributed by atoms with Gasteiger partial charge < -0.3 is 14.7 Å². The number of amides is 1. The maximum Gasteiger partial charge on any atom is 0.334 e. The summed E-state index contributed by atoms with van der Waals surface area (Å²) in [5, 5.41) is 12.8. The van der Waals surface area contributed by atoms with E-state index in [1.165, 1.54) is 11.0 Å². The molecule has 1 saturated heterocycles. The van der Waals surface area contributed by atoms with Crippen LogP contribution in [0.2, 0.25) is 0 Å². The van der Waals surface area contributed by atoms with Crippen LogP contribution in [-0.4, -0.2) is 57.5 Å². The molecule has 1 amide bonds. The number of nitrogens with zero attached hydrogens (tertiary/aromatic N) is 3. The van der Waals surface area contributed by atoms with Crippen LogP contribution in [0.4, 0.5) is 0 Å². The first-order valence-electron chi connectivity index (χ1n) is 5.86. The van der Waals surface area contributed by atoms with Gasteiger partial charge in [-0.25, -0.2) is 4.79 Å². The van der Waals surface area contributed by atoms with E-state index in [9.17, 15) is 9.59 Å². The molecule has 0 saturated carbocycles. The molecular formula is C12H15N3O4. The molecule has 1 aromatic heterocycles. The zero-order valence-electron chi connectivity index (χ0n) is 10.5. The molecule has 2 rings (SSSR count). The number of morpholine rings is 1. The fraction of sp³-hybridized carbons (Fsp3) is 0.417. The Hall–Kier alpha value is -2.15. The van der Waals surface area contributed by atoms with Crippen molar-refractivity contribution in [3.63, 3.8) is 0 Å². The highest BCUT2D eigenvalue weighted by atomic mass is 16.5. The van der Waals surface area contributed by atoms with Gasteiger partial charge >= 0.3 is 5.97 Å². The second kappa shape index (κ2) is 5.66. The van der Waals surface area contributed by atoms with Crippen molar-refractivity contribution in [3.8, 4) is 0 Å². The van der Waals surface area contributed by atoms with Gasteiger partial charge in [0.25, 0.3) is 0 Å². The molecule has 0 aliphatic carbocycles. The highest BCUT2D eigenvalue weighted by Crippen LogP contribution is 2.07. The molecule has 0 radical (unpaired) electrons. The molecule has 0 bridgehead atoms. The Morgan fingerprint density at radius 1 is 1.58 bits per heavy atom. The fourth-order valence-corrected chi connectivity index (χ4v) is 1.80. The third kappa shape index (κ3) is 3.41. The maximum atomic E-state index is 11.9. The van der Waals surface area contributed by atoms with Crippen LogP contribution < -0.4 is 0 Å². The number of aliphatic carboxylic acids is 1. The lowest BCUT2D eigenvalue weighted by Gasteiger charge is -2.30. The number of carbonyl (C=O) groups is 2. The first-order valence-corrected chi connectivity index (χ1v) is 5.86. The van der Waals surface area contributed by atoms with Gasteiger partial charge in [-0.3, -0.25) is 9.48 Å². The first-order chi connectivity index (χ1) is 9.06. The topological polar surface area (TPSA) is 84.7 Å². The molecule has 1 unspecified atom stereocenters. The number of aryl methyl sites for hydroxylation is 1. The highest BCUT2D eigenvalue weighted by molar-refractivity contribution is 5.92. The van der Waals surface area contributed by atoms with E-state index < -0.39 is 12.1 Å². The first kappa shape index (κ1) is 13.3. The molecule has 102 valence electrons. The van der Waals surface area contributed by atoms with Gasteiger partial charge in [-0.05, 0) is 6.08 Å². The Bertz CT molecular complexity index is 509. The summed E-state index contributed by atoms with van der Waals surface area (Å²) in [6.07, 6.45) is 5.55. The predicted octanol–water partition coefficient (Wildman–Crippen LogP) is -0.255. The van der Waals surface area contributed by atoms with E-state index >= 15 is 0 Å². The predicted molar refractivity (Wildman–Crippen MR) is 66.2 cm³/mol. The van der Waals surface area contributed by atoms with Crippen molar-refractivity contribution in [3.05, 3.63) is 24.0 Å². The molecule has 7 heteroatoms. The van der Waals surface area contributed by atoms with E-state index in [1.807, 2.05) is 0 Å². The van der Waals surface area contributed by atoms with Crippen LogP contribution in [0.5, 0.6) is 0 Å². The Morgan fingerprint density at radius 3 is 3.00 bits per heavy atom. The second-order valence-electron chi connectivity index (χ2n) is 4.26. The molecule has 1 aliphatic rings. The van der Waals surface area contributed by atoms with Gasteiger partial charge in [-0.2, -0.15) is 5.10 Å². The summed E-state index contributed by atoms with van der Waals surface area (Å²) in [6, 6.07) is 0. The van der Waals surface area contributed by atoms with Crippen molar-refractivity contribution in [1.82, 2.24) is 14.7 Å². The van der Waals surface area contributed by atoms with Gasteiger partial charge in [0.05, 0.1) is 19.3 Å². The standard InChI is InChI=1S/C12H15N3O4/c1-14-7-9(6-13-14)2-3-11(16)15-4-5-19-10(8-15)12(17)18/h2-3,6-7,10H,4-5,8H2,1H3,(H,17,18). The Morgan fingerprint density at radius 2 is 2.37 bits per heavy atom. The van der Waals surface area contributed by atoms with Gasteiger partial charge in [-0.15, -0.1) is 0 Å². The molecule has 1 N–H and O–H groups in total. The summed E-state index contributed by atoms with van der Waals surface area (Å²) in [4.78, 5) is 24.2. The number of carboxylic acids is 1. The molecule has 7 nitrogen and oxygen atoms in total. The molecule has 1 atom stereocenters. The van der Waals surface area contributed by atoms with E-state index in [4.69, 9.17) is 9.84 Å². The molecule has 19 heavy (non-hydrogen) atoms. The van der Waals surface area contributed by atoms with Gasteiger partial charge in [0, 0.05) is 31.4 Å². The molecule has 0 aromatic carbocycles. The minimum Gasteiger partial charge on any atom is -0.479 e. The lowest BCUT2D eigenvalue weighted by molar-refractivity contribution is -0.158. The van der Waals surface area contributed by atoms with Crippen molar-refractivity contribution < 1.29 is 19.4 Å². The number of carbonyl (C=O) groups excluding carboxylic acids is 1. The van der Waals surface area contributed by atoms with Gasteiger partial charge in [0.2, 0.25) is 5.91 Å². The summed E-state index contributed by atoms with van der Waals surface area (Å²) in [5.74, 6) is -1.27. The van der Waals surface area contributed by atoms with Gasteiger partial charge in [-0.1, -0.05) is 0 Å². The summed E-state index contributed by atoms with van der Waals surface area (Å²) >= 11 is 0. The minimum atomic E-state index is -1.05. The average molecular weight is 265 g/mol. The van der Waals surface area contributed by atoms with Crippen molar-refractivity contribution in [1.29, 1.82) is 0 Å². The fourth-order valence-electron chi connectivity index (χ4n) is 1.80. The van der Waals surface area contributed by atoms with Crippen LogP contribution in [0.15, 0.2) is 18.5 Å². The molecule has 1 aromatic rings. The monoisotopic (exact) mass is 265 g/mol. The molecule has 2 heterocycles. The van der Waals surface area contributed by atoms with Crippen LogP contribution in [-0.2, 0) is 21.4 Å². The third-order valence-corrected chi connectivity index (χ3v) is 2.80. The number of hydrogen-bond acceptors (Lipinski definition) is 4.